The number of rotatable bonds is 4. The van der Waals surface area contributed by atoms with E-state index >= 15 is 0 Å². The van der Waals surface area contributed by atoms with Gasteiger partial charge in [-0.3, -0.25) is 0 Å². The first-order valence-electron chi connectivity index (χ1n) is 6.05. The second kappa shape index (κ2) is 7.46. The molecule has 0 saturated heterocycles. The van der Waals surface area contributed by atoms with Crippen molar-refractivity contribution in [2.45, 2.75) is 39.2 Å². The average Bonchev–Trinajstić information content (AvgIpc) is 2.23. The quantitative estimate of drug-likeness (QED) is 0.867. The molecule has 0 heterocycles. The van der Waals surface area contributed by atoms with Gasteiger partial charge in [-0.2, -0.15) is 0 Å². The Balaban J connectivity index is 0.00000324. The van der Waals surface area contributed by atoms with Gasteiger partial charge in [0, 0.05) is 0 Å². The number of nitrogens with two attached hydrogens (primary N) is 1. The van der Waals surface area contributed by atoms with E-state index in [1.807, 2.05) is 0 Å². The van der Waals surface area contributed by atoms with Crippen LogP contribution in [0.5, 0.6) is 0 Å². The zero-order valence-electron chi connectivity index (χ0n) is 11.5. The first-order chi connectivity index (χ1) is 8.33. The fourth-order valence-corrected chi connectivity index (χ4v) is 1.52. The van der Waals surface area contributed by atoms with E-state index in [9.17, 15) is 9.18 Å². The summed E-state index contributed by atoms with van der Waals surface area (Å²) in [5.74, 6) is -1.18. The standard InChI is InChI=1S/C14H20FNO2.ClH/c1-14(2,3)18-13(17)11-7-6-10(5-4-8-16)9-12(11)15;/h6-7,9H,4-5,8,16H2,1-3H3;1H. The lowest BCUT2D eigenvalue weighted by atomic mass is 10.1. The van der Waals surface area contributed by atoms with Crippen LogP contribution in [0.15, 0.2) is 18.2 Å². The normalized spacial score (nSPS) is 10.8. The van der Waals surface area contributed by atoms with E-state index in [1.54, 1.807) is 26.8 Å². The van der Waals surface area contributed by atoms with Gasteiger partial charge < -0.3 is 10.5 Å². The number of benzene rings is 1. The van der Waals surface area contributed by atoms with E-state index in [-0.39, 0.29) is 18.0 Å². The number of carbonyl (C=O) groups excluding carboxylic acids is 1. The number of aryl methyl sites for hydroxylation is 1. The smallest absolute Gasteiger partial charge is 0.341 e. The highest BCUT2D eigenvalue weighted by molar-refractivity contribution is 5.90. The molecule has 2 N–H and O–H groups in total. The van der Waals surface area contributed by atoms with E-state index < -0.39 is 17.4 Å². The van der Waals surface area contributed by atoms with Crippen molar-refractivity contribution in [3.8, 4) is 0 Å². The van der Waals surface area contributed by atoms with Crippen LogP contribution >= 0.6 is 12.4 Å². The zero-order chi connectivity index (χ0) is 13.8. The van der Waals surface area contributed by atoms with Crippen molar-refractivity contribution in [1.29, 1.82) is 0 Å². The number of hydrogen-bond acceptors (Lipinski definition) is 3. The Morgan fingerprint density at radius 1 is 1.37 bits per heavy atom. The van der Waals surface area contributed by atoms with Crippen molar-refractivity contribution >= 4 is 18.4 Å². The molecule has 0 amide bonds. The maximum Gasteiger partial charge on any atom is 0.341 e. The van der Waals surface area contributed by atoms with Gasteiger partial charge in [-0.1, -0.05) is 6.07 Å². The van der Waals surface area contributed by atoms with Crippen molar-refractivity contribution in [1.82, 2.24) is 0 Å². The molecule has 108 valence electrons. The zero-order valence-corrected chi connectivity index (χ0v) is 12.3. The SMILES string of the molecule is CC(C)(C)OC(=O)c1ccc(CCCN)cc1F.Cl. The molecule has 1 aromatic rings. The van der Waals surface area contributed by atoms with Gasteiger partial charge in [0.1, 0.15) is 11.4 Å². The molecule has 19 heavy (non-hydrogen) atoms. The van der Waals surface area contributed by atoms with Crippen molar-refractivity contribution in [3.63, 3.8) is 0 Å². The third-order valence-corrected chi connectivity index (χ3v) is 2.32. The number of hydrogen-bond donors (Lipinski definition) is 1. The van der Waals surface area contributed by atoms with Crippen LogP contribution in [0.2, 0.25) is 0 Å². The Hall–Kier alpha value is -1.13. The molecule has 0 aromatic heterocycles. The van der Waals surface area contributed by atoms with Crippen LogP contribution in [0.1, 0.15) is 43.1 Å². The lowest BCUT2D eigenvalue weighted by molar-refractivity contribution is 0.00647. The van der Waals surface area contributed by atoms with E-state index in [2.05, 4.69) is 0 Å². The molecule has 1 rings (SSSR count). The number of ether oxygens (including phenoxy) is 1. The van der Waals surface area contributed by atoms with Crippen LogP contribution in [0.25, 0.3) is 0 Å². The Labute approximate surface area is 119 Å². The monoisotopic (exact) mass is 289 g/mol. The second-order valence-corrected chi connectivity index (χ2v) is 5.21. The Morgan fingerprint density at radius 2 is 2.00 bits per heavy atom. The summed E-state index contributed by atoms with van der Waals surface area (Å²) in [6.45, 7) is 5.81. The van der Waals surface area contributed by atoms with Crippen LogP contribution in [0, 0.1) is 5.82 Å². The van der Waals surface area contributed by atoms with Gasteiger partial charge >= 0.3 is 5.97 Å². The third kappa shape index (κ3) is 6.03. The van der Waals surface area contributed by atoms with Gasteiger partial charge in [0.2, 0.25) is 0 Å². The summed E-state index contributed by atoms with van der Waals surface area (Å²) in [6.07, 6.45) is 1.51. The van der Waals surface area contributed by atoms with Crippen molar-refractivity contribution in [3.05, 3.63) is 35.1 Å². The van der Waals surface area contributed by atoms with Gasteiger partial charge in [0.25, 0.3) is 0 Å². The predicted molar refractivity (Wildman–Crippen MR) is 76.2 cm³/mol. The average molecular weight is 290 g/mol. The van der Waals surface area contributed by atoms with Gasteiger partial charge in [0.05, 0.1) is 5.56 Å². The van der Waals surface area contributed by atoms with Gasteiger partial charge in [-0.15, -0.1) is 12.4 Å². The molecule has 0 radical (unpaired) electrons. The summed E-state index contributed by atoms with van der Waals surface area (Å²) >= 11 is 0. The topological polar surface area (TPSA) is 52.3 Å². The first kappa shape index (κ1) is 17.9. The summed E-state index contributed by atoms with van der Waals surface area (Å²) in [5.41, 5.74) is 5.58. The lowest BCUT2D eigenvalue weighted by Crippen LogP contribution is -2.24. The fourth-order valence-electron chi connectivity index (χ4n) is 1.52. The van der Waals surface area contributed by atoms with Crippen molar-refractivity contribution < 1.29 is 13.9 Å². The van der Waals surface area contributed by atoms with E-state index in [4.69, 9.17) is 10.5 Å². The van der Waals surface area contributed by atoms with Gasteiger partial charge in [0.15, 0.2) is 0 Å². The number of halogens is 2. The maximum absolute atomic E-state index is 13.8. The summed E-state index contributed by atoms with van der Waals surface area (Å²) in [7, 11) is 0. The highest BCUT2D eigenvalue weighted by Gasteiger charge is 2.20. The van der Waals surface area contributed by atoms with Gasteiger partial charge in [-0.05, 0) is 57.9 Å². The highest BCUT2D eigenvalue weighted by atomic mass is 35.5. The molecule has 0 aliphatic carbocycles. The molecule has 0 bridgehead atoms. The molecule has 1 aromatic carbocycles. The maximum atomic E-state index is 13.8. The molecule has 3 nitrogen and oxygen atoms in total. The number of esters is 1. The molecule has 0 aliphatic rings. The second-order valence-electron chi connectivity index (χ2n) is 5.21. The van der Waals surface area contributed by atoms with E-state index in [0.29, 0.717) is 13.0 Å². The fraction of sp³-hybridized carbons (Fsp3) is 0.500. The molecular formula is C14H21ClFNO2. The van der Waals surface area contributed by atoms with Crippen LogP contribution < -0.4 is 5.73 Å². The largest absolute Gasteiger partial charge is 0.456 e. The Bertz CT molecular complexity index is 430. The minimum atomic E-state index is -0.634. The van der Waals surface area contributed by atoms with E-state index in [1.165, 1.54) is 12.1 Å². The highest BCUT2D eigenvalue weighted by Crippen LogP contribution is 2.16. The Morgan fingerprint density at radius 3 is 2.47 bits per heavy atom. The van der Waals surface area contributed by atoms with Crippen LogP contribution in [-0.4, -0.2) is 18.1 Å². The van der Waals surface area contributed by atoms with Gasteiger partial charge in [-0.25, -0.2) is 9.18 Å². The third-order valence-electron chi connectivity index (χ3n) is 2.32. The Kier molecular flexibility index (Phi) is 7.01. The molecule has 5 heteroatoms. The van der Waals surface area contributed by atoms with Crippen LogP contribution in [0.4, 0.5) is 4.39 Å². The predicted octanol–water partition coefficient (Wildman–Crippen LogP) is 3.09. The van der Waals surface area contributed by atoms with Crippen LogP contribution in [-0.2, 0) is 11.2 Å². The molecule has 0 spiro atoms. The minimum absolute atomic E-state index is 0. The molecule has 0 aliphatic heterocycles. The van der Waals surface area contributed by atoms with Crippen molar-refractivity contribution in [2.75, 3.05) is 6.54 Å². The molecule has 0 fully saturated rings. The molecule has 0 saturated carbocycles. The molecule has 0 atom stereocenters. The first-order valence-corrected chi connectivity index (χ1v) is 6.05. The number of carbonyl (C=O) groups is 1. The molecular weight excluding hydrogens is 269 g/mol. The van der Waals surface area contributed by atoms with Crippen molar-refractivity contribution in [2.24, 2.45) is 5.73 Å². The summed E-state index contributed by atoms with van der Waals surface area (Å²) < 4.78 is 18.9. The molecule has 0 unspecified atom stereocenters. The summed E-state index contributed by atoms with van der Waals surface area (Å²) in [5, 5.41) is 0. The summed E-state index contributed by atoms with van der Waals surface area (Å²) in [6, 6.07) is 4.57. The minimum Gasteiger partial charge on any atom is -0.456 e. The van der Waals surface area contributed by atoms with Crippen LogP contribution in [0.3, 0.4) is 0 Å². The van der Waals surface area contributed by atoms with E-state index in [0.717, 1.165) is 12.0 Å². The lowest BCUT2D eigenvalue weighted by Gasteiger charge is -2.19. The summed E-state index contributed by atoms with van der Waals surface area (Å²) in [4.78, 5) is 11.7.